The molecule has 7 atom stereocenters. The molecule has 1 aliphatic heterocycles. The third kappa shape index (κ3) is 3.22. The average molecular weight is 481 g/mol. The summed E-state index contributed by atoms with van der Waals surface area (Å²) < 4.78 is 9.93. The highest BCUT2D eigenvalue weighted by atomic mass is 35.5. The maximum absolute atomic E-state index is 12.3. The summed E-state index contributed by atoms with van der Waals surface area (Å²) in [6.07, 6.45) is 12.4. The van der Waals surface area contributed by atoms with E-state index in [0.717, 1.165) is 44.9 Å². The van der Waals surface area contributed by atoms with Crippen molar-refractivity contribution in [3.8, 4) is 0 Å². The molecular formula is C26H34Cl2O4. The summed E-state index contributed by atoms with van der Waals surface area (Å²) in [5, 5.41) is 0. The predicted molar refractivity (Wildman–Crippen MR) is 124 cm³/mol. The summed E-state index contributed by atoms with van der Waals surface area (Å²) in [6, 6.07) is 0. The zero-order valence-corrected chi connectivity index (χ0v) is 21.0. The van der Waals surface area contributed by atoms with Crippen molar-refractivity contribution < 1.29 is 19.1 Å². The van der Waals surface area contributed by atoms with Crippen molar-refractivity contribution in [2.45, 2.75) is 95.1 Å². The molecule has 0 radical (unpaired) electrons. The molecule has 0 bridgehead atoms. The molecule has 0 spiro atoms. The lowest BCUT2D eigenvalue weighted by atomic mass is 9.47. The van der Waals surface area contributed by atoms with Crippen LogP contribution in [0.5, 0.6) is 0 Å². The molecule has 2 saturated carbocycles. The van der Waals surface area contributed by atoms with Crippen LogP contribution in [0.3, 0.4) is 0 Å². The number of carbonyl (C=O) groups is 2. The summed E-state index contributed by atoms with van der Waals surface area (Å²) in [4.78, 5) is 23.8. The van der Waals surface area contributed by atoms with Gasteiger partial charge in [-0.05, 0) is 79.6 Å². The molecule has 0 aromatic heterocycles. The van der Waals surface area contributed by atoms with Crippen molar-refractivity contribution in [2.75, 3.05) is 0 Å². The Hall–Kier alpha value is -1.00. The standard InChI is InChI=1S/C26H34Cl2O4/c1-15(29)31-17-9-11-23(2)16(13-17)5-6-18-19-7-8-21(24(19,3)12-10-20(18)23)25(4)14-26(27,28)22(30)32-25/h5,8,17-20H,6-7,9-14H2,1-4H3/t17?,18?,19-,20?,23+,24+,25+/m1/s1. The zero-order valence-electron chi connectivity index (χ0n) is 19.5. The fraction of sp³-hybridized carbons (Fsp3) is 0.769. The van der Waals surface area contributed by atoms with E-state index in [2.05, 4.69) is 26.0 Å². The Morgan fingerprint density at radius 3 is 2.44 bits per heavy atom. The van der Waals surface area contributed by atoms with Crippen LogP contribution in [0, 0.1) is 28.6 Å². The Balaban J connectivity index is 1.40. The van der Waals surface area contributed by atoms with Crippen LogP contribution >= 0.6 is 23.2 Å². The van der Waals surface area contributed by atoms with Gasteiger partial charge < -0.3 is 9.47 Å². The van der Waals surface area contributed by atoms with Gasteiger partial charge in [0.05, 0.1) is 0 Å². The monoisotopic (exact) mass is 480 g/mol. The van der Waals surface area contributed by atoms with E-state index in [4.69, 9.17) is 32.7 Å². The SMILES string of the molecule is CC(=O)OC1CC[C@@]2(C)C(=CCC3C2CC[C@]2(C)C([C@]4(C)CC(Cl)(Cl)C(=O)O4)=CC[C@H]32)C1. The number of cyclic esters (lactones) is 1. The van der Waals surface area contributed by atoms with Crippen molar-refractivity contribution >= 4 is 35.1 Å². The molecule has 1 saturated heterocycles. The van der Waals surface area contributed by atoms with E-state index < -0.39 is 15.9 Å². The topological polar surface area (TPSA) is 52.6 Å². The van der Waals surface area contributed by atoms with Gasteiger partial charge in [-0.1, -0.05) is 54.8 Å². The number of hydrogen-bond donors (Lipinski definition) is 0. The third-order valence-corrected chi connectivity index (χ3v) is 10.3. The van der Waals surface area contributed by atoms with Crippen LogP contribution < -0.4 is 0 Å². The van der Waals surface area contributed by atoms with Crippen LogP contribution in [0.15, 0.2) is 23.3 Å². The van der Waals surface area contributed by atoms with E-state index in [1.807, 2.05) is 6.92 Å². The second-order valence-electron chi connectivity index (χ2n) is 11.5. The Morgan fingerprint density at radius 2 is 1.78 bits per heavy atom. The minimum atomic E-state index is -1.46. The molecule has 0 amide bonds. The number of alkyl halides is 2. The lowest BCUT2D eigenvalue weighted by Crippen LogP contribution is -2.51. The molecule has 6 heteroatoms. The lowest BCUT2D eigenvalue weighted by molar-refractivity contribution is -0.149. The smallest absolute Gasteiger partial charge is 0.343 e. The van der Waals surface area contributed by atoms with Crippen molar-refractivity contribution in [1.82, 2.24) is 0 Å². The van der Waals surface area contributed by atoms with Crippen LogP contribution in [0.25, 0.3) is 0 Å². The Morgan fingerprint density at radius 1 is 1.06 bits per heavy atom. The van der Waals surface area contributed by atoms with Gasteiger partial charge in [-0.25, -0.2) is 4.79 Å². The molecule has 4 nitrogen and oxygen atoms in total. The van der Waals surface area contributed by atoms with Gasteiger partial charge in [0.25, 0.3) is 0 Å². The van der Waals surface area contributed by atoms with Gasteiger partial charge in [-0.15, -0.1) is 0 Å². The summed E-state index contributed by atoms with van der Waals surface area (Å²) in [5.41, 5.74) is 2.19. The molecule has 0 aromatic carbocycles. The lowest BCUT2D eigenvalue weighted by Gasteiger charge is -2.58. The summed E-state index contributed by atoms with van der Waals surface area (Å²) in [5.74, 6) is 1.09. The second-order valence-corrected chi connectivity index (χ2v) is 13.0. The number of fused-ring (bicyclic) bond motifs is 5. The van der Waals surface area contributed by atoms with Gasteiger partial charge in [0, 0.05) is 19.8 Å². The highest BCUT2D eigenvalue weighted by Gasteiger charge is 2.63. The molecule has 3 fully saturated rings. The molecule has 1 heterocycles. The van der Waals surface area contributed by atoms with E-state index in [1.54, 1.807) is 0 Å². The predicted octanol–water partition coefficient (Wildman–Crippen LogP) is 6.30. The molecule has 5 rings (SSSR count). The minimum Gasteiger partial charge on any atom is -0.462 e. The first-order chi connectivity index (χ1) is 14.9. The average Bonchev–Trinajstić information content (AvgIpc) is 3.15. The molecule has 0 aromatic rings. The maximum atomic E-state index is 12.3. The van der Waals surface area contributed by atoms with E-state index >= 15 is 0 Å². The van der Waals surface area contributed by atoms with Crippen LogP contribution in [0.4, 0.5) is 0 Å². The molecule has 4 aliphatic carbocycles. The summed E-state index contributed by atoms with van der Waals surface area (Å²) >= 11 is 12.5. The number of allylic oxidation sites excluding steroid dienone is 2. The Kier molecular flexibility index (Phi) is 5.16. The van der Waals surface area contributed by atoms with Gasteiger partial charge in [-0.2, -0.15) is 0 Å². The van der Waals surface area contributed by atoms with Crippen molar-refractivity contribution in [3.63, 3.8) is 0 Å². The number of halogens is 2. The molecule has 3 unspecified atom stereocenters. The van der Waals surface area contributed by atoms with E-state index in [-0.39, 0.29) is 22.9 Å². The largest absolute Gasteiger partial charge is 0.462 e. The van der Waals surface area contributed by atoms with Gasteiger partial charge in [0.2, 0.25) is 4.33 Å². The molecule has 5 aliphatic rings. The highest BCUT2D eigenvalue weighted by molar-refractivity contribution is 6.58. The van der Waals surface area contributed by atoms with Gasteiger partial charge in [0.1, 0.15) is 11.7 Å². The van der Waals surface area contributed by atoms with E-state index in [9.17, 15) is 9.59 Å². The molecule has 176 valence electrons. The molecule has 32 heavy (non-hydrogen) atoms. The van der Waals surface area contributed by atoms with Crippen molar-refractivity contribution in [2.24, 2.45) is 28.6 Å². The quantitative estimate of drug-likeness (QED) is 0.264. The van der Waals surface area contributed by atoms with Crippen LogP contribution in [-0.2, 0) is 19.1 Å². The normalized spacial score (nSPS) is 46.9. The first-order valence-electron chi connectivity index (χ1n) is 12.1. The van der Waals surface area contributed by atoms with Crippen molar-refractivity contribution in [3.05, 3.63) is 23.3 Å². The Labute approximate surface area is 201 Å². The second kappa shape index (κ2) is 7.25. The van der Waals surface area contributed by atoms with Gasteiger partial charge in [0.15, 0.2) is 0 Å². The number of ether oxygens (including phenoxy) is 2. The zero-order chi connectivity index (χ0) is 23.1. The number of hydrogen-bond acceptors (Lipinski definition) is 4. The van der Waals surface area contributed by atoms with Gasteiger partial charge >= 0.3 is 11.9 Å². The van der Waals surface area contributed by atoms with Crippen LogP contribution in [0.2, 0.25) is 0 Å². The molecule has 0 N–H and O–H groups in total. The number of esters is 2. The fourth-order valence-electron chi connectivity index (χ4n) is 8.31. The fourth-order valence-corrected chi connectivity index (χ4v) is 8.90. The Bertz CT molecular complexity index is 923. The highest BCUT2D eigenvalue weighted by Crippen LogP contribution is 2.67. The number of rotatable bonds is 2. The number of carbonyl (C=O) groups excluding carboxylic acids is 2. The summed E-state index contributed by atoms with van der Waals surface area (Å²) in [6.45, 7) is 8.31. The van der Waals surface area contributed by atoms with Crippen LogP contribution in [-0.4, -0.2) is 28.0 Å². The minimum absolute atomic E-state index is 0.00103. The van der Waals surface area contributed by atoms with E-state index in [0.29, 0.717) is 24.2 Å². The first kappa shape index (κ1) is 22.8. The maximum Gasteiger partial charge on any atom is 0.343 e. The van der Waals surface area contributed by atoms with E-state index in [1.165, 1.54) is 18.1 Å². The first-order valence-corrected chi connectivity index (χ1v) is 12.8. The van der Waals surface area contributed by atoms with Crippen molar-refractivity contribution in [1.29, 1.82) is 0 Å². The summed E-state index contributed by atoms with van der Waals surface area (Å²) in [7, 11) is 0. The molecular weight excluding hydrogens is 447 g/mol. The van der Waals surface area contributed by atoms with Crippen LogP contribution in [0.1, 0.15) is 79.1 Å². The third-order valence-electron chi connectivity index (χ3n) is 9.72. The van der Waals surface area contributed by atoms with Gasteiger partial charge in [-0.3, -0.25) is 4.79 Å².